The summed E-state index contributed by atoms with van der Waals surface area (Å²) in [5.74, 6) is 0.995. The van der Waals surface area contributed by atoms with E-state index in [2.05, 4.69) is 58.7 Å². The van der Waals surface area contributed by atoms with Crippen molar-refractivity contribution in [1.82, 2.24) is 5.32 Å². The van der Waals surface area contributed by atoms with Crippen molar-refractivity contribution in [3.63, 3.8) is 0 Å². The quantitative estimate of drug-likeness (QED) is 0.511. The fraction of sp³-hybridized carbons (Fsp3) is 0.345. The highest BCUT2D eigenvalue weighted by Gasteiger charge is 2.53. The third-order valence-corrected chi connectivity index (χ3v) is 7.28. The van der Waals surface area contributed by atoms with Crippen LogP contribution in [0.25, 0.3) is 0 Å². The van der Waals surface area contributed by atoms with E-state index in [1.54, 1.807) is 7.11 Å². The van der Waals surface area contributed by atoms with E-state index < -0.39 is 5.41 Å². The minimum atomic E-state index is -0.462. The second kappa shape index (κ2) is 9.90. The van der Waals surface area contributed by atoms with Gasteiger partial charge in [0.1, 0.15) is 5.75 Å². The summed E-state index contributed by atoms with van der Waals surface area (Å²) in [4.78, 5) is 18.1. The monoisotopic (exact) mass is 455 g/mol. The summed E-state index contributed by atoms with van der Waals surface area (Å²) >= 11 is 0. The maximum absolute atomic E-state index is 13.7. The molecule has 176 valence electrons. The standard InChI is InChI=1S/C29H33N3O2/c1-34-27-15-13-26(14-16-27)32-22-29(28(32)33,17-5-8-23-6-3-2-4-7-23)24-9-11-25(12-10-24)31-20-18-30-19-21-31/h2-4,6-7,9-16,30H,5,8,17-22H2,1H3. The summed E-state index contributed by atoms with van der Waals surface area (Å²) in [6.45, 7) is 4.78. The Kier molecular flexibility index (Phi) is 6.54. The van der Waals surface area contributed by atoms with Gasteiger partial charge in [-0.3, -0.25) is 4.79 Å². The first-order valence-corrected chi connectivity index (χ1v) is 12.3. The normalized spacial score (nSPS) is 20.2. The molecule has 3 aromatic carbocycles. The van der Waals surface area contributed by atoms with Crippen LogP contribution in [0.1, 0.15) is 24.0 Å². The molecule has 5 heteroatoms. The van der Waals surface area contributed by atoms with Gasteiger partial charge in [-0.2, -0.15) is 0 Å². The third-order valence-electron chi connectivity index (χ3n) is 7.28. The molecule has 0 aromatic heterocycles. The van der Waals surface area contributed by atoms with Crippen LogP contribution in [0.4, 0.5) is 11.4 Å². The maximum Gasteiger partial charge on any atom is 0.239 e. The molecule has 3 aromatic rings. The molecule has 2 heterocycles. The number of carbonyl (C=O) groups excluding carboxylic acids is 1. The number of nitrogens with zero attached hydrogens (tertiary/aromatic N) is 2. The van der Waals surface area contributed by atoms with Crippen LogP contribution in [0.15, 0.2) is 78.9 Å². The van der Waals surface area contributed by atoms with Gasteiger partial charge in [0.25, 0.3) is 0 Å². The highest BCUT2D eigenvalue weighted by Crippen LogP contribution is 2.43. The number of rotatable bonds is 8. The summed E-state index contributed by atoms with van der Waals surface area (Å²) in [6, 6.07) is 27.1. The molecule has 0 aliphatic carbocycles. The van der Waals surface area contributed by atoms with Gasteiger partial charge in [0.15, 0.2) is 0 Å². The zero-order chi connectivity index (χ0) is 23.4. The second-order valence-corrected chi connectivity index (χ2v) is 9.29. The molecule has 2 aliphatic heterocycles. The van der Waals surface area contributed by atoms with Gasteiger partial charge in [0.2, 0.25) is 5.91 Å². The van der Waals surface area contributed by atoms with E-state index >= 15 is 0 Å². The van der Waals surface area contributed by atoms with E-state index in [9.17, 15) is 4.79 Å². The van der Waals surface area contributed by atoms with Crippen LogP contribution >= 0.6 is 0 Å². The van der Waals surface area contributed by atoms with Crippen molar-refractivity contribution < 1.29 is 9.53 Å². The molecule has 2 fully saturated rings. The first-order valence-electron chi connectivity index (χ1n) is 12.3. The zero-order valence-electron chi connectivity index (χ0n) is 19.9. The van der Waals surface area contributed by atoms with Gasteiger partial charge in [0, 0.05) is 44.1 Å². The number of benzene rings is 3. The lowest BCUT2D eigenvalue weighted by Gasteiger charge is -2.49. The Morgan fingerprint density at radius 2 is 1.56 bits per heavy atom. The Morgan fingerprint density at radius 3 is 2.21 bits per heavy atom. The number of methoxy groups -OCH3 is 1. The predicted molar refractivity (Wildman–Crippen MR) is 138 cm³/mol. The molecule has 0 spiro atoms. The van der Waals surface area contributed by atoms with E-state index in [1.165, 1.54) is 11.3 Å². The van der Waals surface area contributed by atoms with Crippen LogP contribution < -0.4 is 19.9 Å². The number of amides is 1. The van der Waals surface area contributed by atoms with Crippen molar-refractivity contribution >= 4 is 17.3 Å². The van der Waals surface area contributed by atoms with Crippen LogP contribution in [0.3, 0.4) is 0 Å². The maximum atomic E-state index is 13.7. The topological polar surface area (TPSA) is 44.8 Å². The summed E-state index contributed by atoms with van der Waals surface area (Å²) in [5, 5.41) is 3.41. The van der Waals surface area contributed by atoms with Crippen LogP contribution in [0.2, 0.25) is 0 Å². The van der Waals surface area contributed by atoms with Gasteiger partial charge in [-0.25, -0.2) is 0 Å². The largest absolute Gasteiger partial charge is 0.497 e. The number of β-lactam (4-membered cyclic amide) rings is 1. The molecule has 2 aliphatic rings. The number of ether oxygens (including phenoxy) is 1. The molecule has 5 nitrogen and oxygen atoms in total. The SMILES string of the molecule is COc1ccc(N2CC(CCCc3ccccc3)(c3ccc(N4CCNCC4)cc3)C2=O)cc1. The number of aryl methyl sites for hydroxylation is 1. The summed E-state index contributed by atoms with van der Waals surface area (Å²) in [5.41, 5.74) is 4.17. The van der Waals surface area contributed by atoms with E-state index in [4.69, 9.17) is 4.74 Å². The number of hydrogen-bond acceptors (Lipinski definition) is 4. The molecule has 2 saturated heterocycles. The van der Waals surface area contributed by atoms with E-state index in [0.717, 1.165) is 62.4 Å². The van der Waals surface area contributed by atoms with Gasteiger partial charge in [-0.15, -0.1) is 0 Å². The number of hydrogen-bond donors (Lipinski definition) is 1. The molecule has 0 radical (unpaired) electrons. The Bertz CT molecular complexity index is 1090. The molecule has 5 rings (SSSR count). The molecule has 1 amide bonds. The van der Waals surface area contributed by atoms with E-state index in [1.807, 2.05) is 35.2 Å². The first kappa shape index (κ1) is 22.5. The molecular formula is C29H33N3O2. The third kappa shape index (κ3) is 4.40. The molecule has 1 unspecified atom stereocenters. The molecule has 1 atom stereocenters. The summed E-state index contributed by atoms with van der Waals surface area (Å²) in [6.07, 6.45) is 2.81. The Hall–Kier alpha value is -3.31. The lowest BCUT2D eigenvalue weighted by atomic mass is 9.69. The highest BCUT2D eigenvalue weighted by molar-refractivity contribution is 6.08. The number of piperazine rings is 1. The van der Waals surface area contributed by atoms with Gasteiger partial charge < -0.3 is 19.9 Å². The van der Waals surface area contributed by atoms with Crippen LogP contribution in [-0.2, 0) is 16.6 Å². The minimum Gasteiger partial charge on any atom is -0.497 e. The minimum absolute atomic E-state index is 0.195. The van der Waals surface area contributed by atoms with Gasteiger partial charge in [-0.05, 0) is 66.8 Å². The van der Waals surface area contributed by atoms with Crippen LogP contribution in [0, 0.1) is 0 Å². The van der Waals surface area contributed by atoms with Crippen LogP contribution in [0.5, 0.6) is 5.75 Å². The number of anilines is 2. The van der Waals surface area contributed by atoms with Gasteiger partial charge in [0.05, 0.1) is 12.5 Å². The van der Waals surface area contributed by atoms with Gasteiger partial charge >= 0.3 is 0 Å². The average molecular weight is 456 g/mol. The van der Waals surface area contributed by atoms with Crippen molar-refractivity contribution in [3.8, 4) is 5.75 Å². The second-order valence-electron chi connectivity index (χ2n) is 9.29. The van der Waals surface area contributed by atoms with Crippen molar-refractivity contribution in [2.75, 3.05) is 49.6 Å². The van der Waals surface area contributed by atoms with E-state index in [0.29, 0.717) is 6.54 Å². The Morgan fingerprint density at radius 1 is 0.882 bits per heavy atom. The van der Waals surface area contributed by atoms with Crippen molar-refractivity contribution in [2.45, 2.75) is 24.7 Å². The lowest BCUT2D eigenvalue weighted by molar-refractivity contribution is -0.130. The first-order chi connectivity index (χ1) is 16.7. The molecular weight excluding hydrogens is 422 g/mol. The number of nitrogens with one attached hydrogen (secondary N) is 1. The average Bonchev–Trinajstić information content (AvgIpc) is 2.91. The summed E-state index contributed by atoms with van der Waals surface area (Å²) in [7, 11) is 1.66. The Labute approximate surface area is 202 Å². The molecule has 1 N–H and O–H groups in total. The Balaban J connectivity index is 1.36. The van der Waals surface area contributed by atoms with Crippen molar-refractivity contribution in [1.29, 1.82) is 0 Å². The smallest absolute Gasteiger partial charge is 0.239 e. The van der Waals surface area contributed by atoms with Gasteiger partial charge in [-0.1, -0.05) is 42.5 Å². The fourth-order valence-corrected chi connectivity index (χ4v) is 5.25. The van der Waals surface area contributed by atoms with E-state index in [-0.39, 0.29) is 5.91 Å². The number of carbonyl (C=O) groups is 1. The zero-order valence-corrected chi connectivity index (χ0v) is 19.9. The summed E-state index contributed by atoms with van der Waals surface area (Å²) < 4.78 is 5.28. The van der Waals surface area contributed by atoms with Crippen LogP contribution in [-0.4, -0.2) is 45.7 Å². The highest BCUT2D eigenvalue weighted by atomic mass is 16.5. The predicted octanol–water partition coefficient (Wildman–Crippen LogP) is 4.41. The molecule has 0 saturated carbocycles. The van der Waals surface area contributed by atoms with Crippen molar-refractivity contribution in [3.05, 3.63) is 90.0 Å². The van der Waals surface area contributed by atoms with Crippen molar-refractivity contribution in [2.24, 2.45) is 0 Å². The molecule has 34 heavy (non-hydrogen) atoms. The molecule has 0 bridgehead atoms. The lowest BCUT2D eigenvalue weighted by Crippen LogP contribution is -2.64. The fourth-order valence-electron chi connectivity index (χ4n) is 5.25.